The highest BCUT2D eigenvalue weighted by atomic mass is 16.2. The molecule has 0 spiro atoms. The van der Waals surface area contributed by atoms with E-state index in [1.807, 2.05) is 0 Å². The van der Waals surface area contributed by atoms with E-state index in [2.05, 4.69) is 31.0 Å². The van der Waals surface area contributed by atoms with Gasteiger partial charge >= 0.3 is 0 Å². The molecule has 2 aliphatic rings. The quantitative estimate of drug-likeness (QED) is 0.787. The summed E-state index contributed by atoms with van der Waals surface area (Å²) in [6.07, 6.45) is 6.03. The van der Waals surface area contributed by atoms with E-state index < -0.39 is 0 Å². The van der Waals surface area contributed by atoms with Gasteiger partial charge < -0.3 is 10.2 Å². The van der Waals surface area contributed by atoms with Crippen molar-refractivity contribution in [3.8, 4) is 0 Å². The number of carbonyl (C=O) groups is 1. The highest BCUT2D eigenvalue weighted by molar-refractivity contribution is 5.82. The van der Waals surface area contributed by atoms with Gasteiger partial charge in [0.25, 0.3) is 0 Å². The van der Waals surface area contributed by atoms with E-state index in [0.29, 0.717) is 11.9 Å². The van der Waals surface area contributed by atoms with Crippen LogP contribution in [-0.2, 0) is 4.79 Å². The number of hydrogen-bond donors (Lipinski definition) is 1. The van der Waals surface area contributed by atoms with Crippen LogP contribution in [0.25, 0.3) is 0 Å². The molecule has 18 heavy (non-hydrogen) atoms. The molecule has 2 fully saturated rings. The minimum Gasteiger partial charge on any atom is -0.340 e. The van der Waals surface area contributed by atoms with Crippen molar-refractivity contribution in [2.75, 3.05) is 19.6 Å². The summed E-state index contributed by atoms with van der Waals surface area (Å²) >= 11 is 0. The first-order chi connectivity index (χ1) is 8.53. The summed E-state index contributed by atoms with van der Waals surface area (Å²) in [5.74, 6) is 1.13. The first-order valence-corrected chi connectivity index (χ1v) is 7.55. The minimum absolute atomic E-state index is 0.201. The molecule has 104 valence electrons. The van der Waals surface area contributed by atoms with Crippen molar-refractivity contribution in [1.82, 2.24) is 10.2 Å². The molecule has 1 amide bonds. The van der Waals surface area contributed by atoms with E-state index in [1.165, 1.54) is 25.7 Å². The lowest BCUT2D eigenvalue weighted by atomic mass is 9.88. The number of rotatable bonds is 6. The van der Waals surface area contributed by atoms with E-state index in [9.17, 15) is 4.79 Å². The minimum atomic E-state index is -0.201. The summed E-state index contributed by atoms with van der Waals surface area (Å²) in [4.78, 5) is 14.8. The van der Waals surface area contributed by atoms with Crippen molar-refractivity contribution in [1.29, 1.82) is 0 Å². The molecule has 3 heteroatoms. The molecule has 3 nitrogen and oxygen atoms in total. The van der Waals surface area contributed by atoms with Gasteiger partial charge in [-0.2, -0.15) is 0 Å². The topological polar surface area (TPSA) is 32.3 Å². The number of carbonyl (C=O) groups excluding carboxylic acids is 1. The van der Waals surface area contributed by atoms with Gasteiger partial charge in [-0.3, -0.25) is 4.79 Å². The summed E-state index contributed by atoms with van der Waals surface area (Å²) in [6, 6.07) is 0.528. The maximum Gasteiger partial charge on any atom is 0.228 e. The molecule has 1 saturated heterocycles. The summed E-state index contributed by atoms with van der Waals surface area (Å²) in [7, 11) is 0. The van der Waals surface area contributed by atoms with Gasteiger partial charge in [0.2, 0.25) is 5.91 Å². The van der Waals surface area contributed by atoms with Crippen molar-refractivity contribution in [2.45, 2.75) is 58.9 Å². The molecular weight excluding hydrogens is 224 g/mol. The highest BCUT2D eigenvalue weighted by Crippen LogP contribution is 2.32. The first kappa shape index (κ1) is 13.9. The van der Waals surface area contributed by atoms with Crippen LogP contribution in [0.5, 0.6) is 0 Å². The van der Waals surface area contributed by atoms with Crippen LogP contribution in [0.15, 0.2) is 0 Å². The summed E-state index contributed by atoms with van der Waals surface area (Å²) < 4.78 is 0. The largest absolute Gasteiger partial charge is 0.340 e. The van der Waals surface area contributed by atoms with E-state index in [4.69, 9.17) is 0 Å². The fraction of sp³-hybridized carbons (Fsp3) is 0.933. The van der Waals surface area contributed by atoms with Gasteiger partial charge in [-0.15, -0.1) is 0 Å². The standard InChI is InChI=1S/C15H28N2O/c1-4-15(2,3)14(18)17(10-12-7-8-12)11-13-6-5-9-16-13/h12-13,16H,4-11H2,1-3H3. The third-order valence-electron chi connectivity index (χ3n) is 4.53. The summed E-state index contributed by atoms with van der Waals surface area (Å²) in [5.41, 5.74) is -0.201. The third kappa shape index (κ3) is 3.47. The number of amides is 1. The van der Waals surface area contributed by atoms with Crippen LogP contribution in [0.1, 0.15) is 52.9 Å². The van der Waals surface area contributed by atoms with E-state index >= 15 is 0 Å². The Bertz CT molecular complexity index is 291. The number of hydrogen-bond acceptors (Lipinski definition) is 2. The Hall–Kier alpha value is -0.570. The van der Waals surface area contributed by atoms with Crippen molar-refractivity contribution in [3.05, 3.63) is 0 Å². The molecule has 0 aromatic heterocycles. The molecule has 0 radical (unpaired) electrons. The molecule has 0 aromatic rings. The smallest absolute Gasteiger partial charge is 0.228 e. The van der Waals surface area contributed by atoms with E-state index in [0.717, 1.165) is 32.0 Å². The lowest BCUT2D eigenvalue weighted by molar-refractivity contribution is -0.141. The average molecular weight is 252 g/mol. The lowest BCUT2D eigenvalue weighted by Gasteiger charge is -2.33. The molecule has 1 saturated carbocycles. The van der Waals surface area contributed by atoms with Gasteiger partial charge in [0.05, 0.1) is 0 Å². The predicted molar refractivity (Wildman–Crippen MR) is 74.4 cm³/mol. The van der Waals surface area contributed by atoms with Crippen LogP contribution < -0.4 is 5.32 Å². The van der Waals surface area contributed by atoms with Crippen LogP contribution in [0, 0.1) is 11.3 Å². The fourth-order valence-electron chi connectivity index (χ4n) is 2.61. The predicted octanol–water partition coefficient (Wildman–Crippen LogP) is 2.41. The normalized spacial score (nSPS) is 24.3. The summed E-state index contributed by atoms with van der Waals surface area (Å²) in [6.45, 7) is 9.29. The third-order valence-corrected chi connectivity index (χ3v) is 4.53. The zero-order valence-electron chi connectivity index (χ0n) is 12.2. The molecule has 0 bridgehead atoms. The zero-order valence-corrected chi connectivity index (χ0v) is 12.2. The molecular formula is C15H28N2O. The van der Waals surface area contributed by atoms with Gasteiger partial charge in [-0.05, 0) is 44.6 Å². The van der Waals surface area contributed by atoms with Crippen molar-refractivity contribution in [3.63, 3.8) is 0 Å². The number of nitrogens with zero attached hydrogens (tertiary/aromatic N) is 1. The second kappa shape index (κ2) is 5.60. The highest BCUT2D eigenvalue weighted by Gasteiger charge is 2.35. The molecule has 1 unspecified atom stereocenters. The molecule has 1 aliphatic carbocycles. The van der Waals surface area contributed by atoms with Crippen molar-refractivity contribution in [2.24, 2.45) is 11.3 Å². The van der Waals surface area contributed by atoms with Crippen LogP contribution in [0.4, 0.5) is 0 Å². The fourth-order valence-corrected chi connectivity index (χ4v) is 2.61. The monoisotopic (exact) mass is 252 g/mol. The maximum absolute atomic E-state index is 12.6. The zero-order chi connectivity index (χ0) is 13.2. The van der Waals surface area contributed by atoms with Crippen LogP contribution in [0.2, 0.25) is 0 Å². The second-order valence-electron chi connectivity index (χ2n) is 6.68. The molecule has 1 N–H and O–H groups in total. The second-order valence-corrected chi connectivity index (χ2v) is 6.68. The van der Waals surface area contributed by atoms with Crippen molar-refractivity contribution < 1.29 is 4.79 Å². The Morgan fingerprint density at radius 3 is 2.50 bits per heavy atom. The van der Waals surface area contributed by atoms with Gasteiger partial charge in [0.15, 0.2) is 0 Å². The average Bonchev–Trinajstić information content (AvgIpc) is 3.01. The van der Waals surface area contributed by atoms with Gasteiger partial charge in [-0.25, -0.2) is 0 Å². The Kier molecular flexibility index (Phi) is 4.31. The Morgan fingerprint density at radius 1 is 1.28 bits per heavy atom. The Labute approximate surface area is 111 Å². The Balaban J connectivity index is 1.96. The number of nitrogens with one attached hydrogen (secondary N) is 1. The van der Waals surface area contributed by atoms with Gasteiger partial charge in [0.1, 0.15) is 0 Å². The van der Waals surface area contributed by atoms with E-state index in [1.54, 1.807) is 0 Å². The van der Waals surface area contributed by atoms with Crippen LogP contribution in [-0.4, -0.2) is 36.5 Å². The summed E-state index contributed by atoms with van der Waals surface area (Å²) in [5, 5.41) is 3.51. The van der Waals surface area contributed by atoms with Crippen LogP contribution >= 0.6 is 0 Å². The van der Waals surface area contributed by atoms with E-state index in [-0.39, 0.29) is 5.41 Å². The molecule has 0 aromatic carbocycles. The SMILES string of the molecule is CCC(C)(C)C(=O)N(CC1CC1)CC1CCCN1. The Morgan fingerprint density at radius 2 is 2.00 bits per heavy atom. The molecule has 2 rings (SSSR count). The molecule has 1 atom stereocenters. The van der Waals surface area contributed by atoms with Gasteiger partial charge in [-0.1, -0.05) is 20.8 Å². The molecule has 1 heterocycles. The van der Waals surface area contributed by atoms with Crippen LogP contribution in [0.3, 0.4) is 0 Å². The van der Waals surface area contributed by atoms with Gasteiger partial charge in [0, 0.05) is 24.5 Å². The maximum atomic E-state index is 12.6. The van der Waals surface area contributed by atoms with Crippen molar-refractivity contribution >= 4 is 5.91 Å². The molecule has 1 aliphatic heterocycles. The lowest BCUT2D eigenvalue weighted by Crippen LogP contribution is -2.47. The first-order valence-electron chi connectivity index (χ1n) is 7.55.